The van der Waals surface area contributed by atoms with Crippen molar-refractivity contribution in [2.24, 2.45) is 12.8 Å². The smallest absolute Gasteiger partial charge is 0.341 e. The largest absolute Gasteiger partial charge is 0.462 e. The normalized spacial score (nSPS) is 19.1. The first kappa shape index (κ1) is 18.9. The number of para-hydroxylation sites is 2. The van der Waals surface area contributed by atoms with E-state index in [1.54, 1.807) is 62.5 Å². The maximum Gasteiger partial charge on any atom is 0.341 e. The Balaban J connectivity index is 2.00. The van der Waals surface area contributed by atoms with Crippen LogP contribution in [0.25, 0.3) is 10.9 Å². The number of esters is 1. The van der Waals surface area contributed by atoms with Gasteiger partial charge in [-0.1, -0.05) is 30.3 Å². The molecule has 8 heteroatoms. The van der Waals surface area contributed by atoms with Crippen LogP contribution in [0.3, 0.4) is 0 Å². The molecule has 1 atom stereocenters. The second kappa shape index (κ2) is 6.46. The number of fused-ring (bicyclic) bond motifs is 6. The number of pyridine rings is 1. The standard InChI is InChI=1S/C23H19N3O5/c1-3-30-21(28)17-19(24)31-18-12-8-4-7-11-15(12)26(2)20(27)16(18)23(17)13-9-5-6-10-14(13)25-22(23)29/h4-11H,3,24H2,1-2H3,(H,25,29)/t23-/m0/s1. The van der Waals surface area contributed by atoms with Crippen LogP contribution in [0.5, 0.6) is 5.75 Å². The molecule has 0 unspecified atom stereocenters. The Kier molecular flexibility index (Phi) is 3.95. The first-order chi connectivity index (χ1) is 14.9. The number of hydrogen-bond acceptors (Lipinski definition) is 6. The summed E-state index contributed by atoms with van der Waals surface area (Å²) in [6, 6.07) is 14.1. The van der Waals surface area contributed by atoms with Crippen molar-refractivity contribution in [1.29, 1.82) is 0 Å². The first-order valence-corrected chi connectivity index (χ1v) is 9.81. The molecule has 0 saturated carbocycles. The first-order valence-electron chi connectivity index (χ1n) is 9.81. The molecular weight excluding hydrogens is 398 g/mol. The number of nitrogens with two attached hydrogens (primary N) is 1. The molecule has 2 aliphatic heterocycles. The van der Waals surface area contributed by atoms with E-state index in [4.69, 9.17) is 15.2 Å². The van der Waals surface area contributed by atoms with Crippen molar-refractivity contribution in [3.05, 3.63) is 81.5 Å². The van der Waals surface area contributed by atoms with E-state index < -0.39 is 22.9 Å². The van der Waals surface area contributed by atoms with Crippen molar-refractivity contribution in [2.75, 3.05) is 11.9 Å². The van der Waals surface area contributed by atoms with Gasteiger partial charge in [0, 0.05) is 23.7 Å². The summed E-state index contributed by atoms with van der Waals surface area (Å²) in [5.74, 6) is -1.48. The summed E-state index contributed by atoms with van der Waals surface area (Å²) in [7, 11) is 1.61. The minimum absolute atomic E-state index is 0.0356. The maximum absolute atomic E-state index is 13.7. The van der Waals surface area contributed by atoms with Gasteiger partial charge in [0.05, 0.1) is 17.7 Å². The number of aromatic nitrogens is 1. The Hall–Kier alpha value is -4.07. The molecule has 0 bridgehead atoms. The summed E-state index contributed by atoms with van der Waals surface area (Å²) >= 11 is 0. The lowest BCUT2D eigenvalue weighted by Crippen LogP contribution is -2.49. The van der Waals surface area contributed by atoms with Crippen molar-refractivity contribution >= 4 is 28.5 Å². The molecule has 8 nitrogen and oxygen atoms in total. The third kappa shape index (κ3) is 2.27. The van der Waals surface area contributed by atoms with Crippen LogP contribution >= 0.6 is 0 Å². The summed E-state index contributed by atoms with van der Waals surface area (Å²) in [5, 5.41) is 3.40. The van der Waals surface area contributed by atoms with Gasteiger partial charge in [0.2, 0.25) is 11.8 Å². The van der Waals surface area contributed by atoms with Gasteiger partial charge in [-0.05, 0) is 25.1 Å². The summed E-state index contributed by atoms with van der Waals surface area (Å²) < 4.78 is 12.5. The molecule has 2 aliphatic rings. The lowest BCUT2D eigenvalue weighted by molar-refractivity contribution is -0.140. The number of rotatable bonds is 2. The van der Waals surface area contributed by atoms with Gasteiger partial charge in [0.1, 0.15) is 16.7 Å². The van der Waals surface area contributed by atoms with Gasteiger partial charge in [0.15, 0.2) is 0 Å². The Bertz CT molecular complexity index is 1390. The monoisotopic (exact) mass is 417 g/mol. The average Bonchev–Trinajstić information content (AvgIpc) is 3.04. The number of hydrogen-bond donors (Lipinski definition) is 2. The number of carbonyl (C=O) groups excluding carboxylic acids is 2. The summed E-state index contributed by atoms with van der Waals surface area (Å²) in [4.78, 5) is 40.4. The predicted molar refractivity (Wildman–Crippen MR) is 114 cm³/mol. The fourth-order valence-corrected chi connectivity index (χ4v) is 4.59. The quantitative estimate of drug-likeness (QED) is 0.616. The molecule has 3 heterocycles. The van der Waals surface area contributed by atoms with Crippen LogP contribution in [0.2, 0.25) is 0 Å². The molecule has 1 amide bonds. The van der Waals surface area contributed by atoms with Gasteiger partial charge in [0.25, 0.3) is 5.56 Å². The van der Waals surface area contributed by atoms with Gasteiger partial charge < -0.3 is 25.1 Å². The van der Waals surface area contributed by atoms with Gasteiger partial charge in [-0.15, -0.1) is 0 Å². The number of anilines is 1. The molecule has 0 aliphatic carbocycles. The van der Waals surface area contributed by atoms with E-state index >= 15 is 0 Å². The molecule has 0 saturated heterocycles. The van der Waals surface area contributed by atoms with E-state index in [1.165, 1.54) is 4.57 Å². The van der Waals surface area contributed by atoms with Crippen molar-refractivity contribution in [2.45, 2.75) is 12.3 Å². The summed E-state index contributed by atoms with van der Waals surface area (Å²) in [5.41, 5.74) is 5.38. The van der Waals surface area contributed by atoms with Crippen molar-refractivity contribution in [3.63, 3.8) is 0 Å². The highest BCUT2D eigenvalue weighted by molar-refractivity contribution is 6.18. The van der Waals surface area contributed by atoms with E-state index in [0.29, 0.717) is 22.2 Å². The van der Waals surface area contributed by atoms with Crippen LogP contribution in [0.1, 0.15) is 18.1 Å². The summed E-state index contributed by atoms with van der Waals surface area (Å²) in [6.07, 6.45) is 0. The third-order valence-electron chi connectivity index (χ3n) is 5.86. The average molecular weight is 417 g/mol. The summed E-state index contributed by atoms with van der Waals surface area (Å²) in [6.45, 7) is 1.71. The van der Waals surface area contributed by atoms with Gasteiger partial charge in [-0.2, -0.15) is 0 Å². The van der Waals surface area contributed by atoms with E-state index in [-0.39, 0.29) is 29.4 Å². The molecule has 31 heavy (non-hydrogen) atoms. The molecule has 0 fully saturated rings. The highest BCUT2D eigenvalue weighted by Gasteiger charge is 2.60. The molecule has 5 rings (SSSR count). The Morgan fingerprint density at radius 1 is 1.16 bits per heavy atom. The SMILES string of the molecule is CCOC(=O)C1=C(N)Oc2c(c(=O)n(C)c3ccccc23)[C@]12C(=O)Nc1ccccc12. The fourth-order valence-electron chi connectivity index (χ4n) is 4.59. The highest BCUT2D eigenvalue weighted by atomic mass is 16.5. The number of carbonyl (C=O) groups is 2. The molecule has 1 aromatic heterocycles. The molecule has 156 valence electrons. The fraction of sp³-hybridized carbons (Fsp3) is 0.174. The van der Waals surface area contributed by atoms with E-state index in [1.807, 2.05) is 0 Å². The van der Waals surface area contributed by atoms with E-state index in [9.17, 15) is 14.4 Å². The van der Waals surface area contributed by atoms with Crippen molar-refractivity contribution in [1.82, 2.24) is 4.57 Å². The number of aryl methyl sites for hydroxylation is 1. The molecular formula is C23H19N3O5. The number of nitrogens with zero attached hydrogens (tertiary/aromatic N) is 1. The van der Waals surface area contributed by atoms with Crippen molar-refractivity contribution < 1.29 is 19.1 Å². The molecule has 1 spiro atoms. The maximum atomic E-state index is 13.7. The molecule has 3 aromatic rings. The van der Waals surface area contributed by atoms with Crippen LogP contribution in [0, 0.1) is 0 Å². The van der Waals surface area contributed by atoms with Crippen LogP contribution < -0.4 is 21.3 Å². The molecule has 3 N–H and O–H groups in total. The lowest BCUT2D eigenvalue weighted by Gasteiger charge is -2.35. The highest BCUT2D eigenvalue weighted by Crippen LogP contribution is 2.53. The minimum Gasteiger partial charge on any atom is -0.462 e. The molecule has 0 radical (unpaired) electrons. The number of ether oxygens (including phenoxy) is 2. The van der Waals surface area contributed by atoms with Gasteiger partial charge in [-0.3, -0.25) is 9.59 Å². The number of nitrogens with one attached hydrogen (secondary N) is 1. The van der Waals surface area contributed by atoms with Crippen LogP contribution in [0.4, 0.5) is 5.69 Å². The topological polar surface area (TPSA) is 113 Å². The third-order valence-corrected chi connectivity index (χ3v) is 5.86. The Morgan fingerprint density at radius 3 is 2.65 bits per heavy atom. The number of amides is 1. The van der Waals surface area contributed by atoms with Crippen LogP contribution in [0.15, 0.2) is 64.8 Å². The zero-order valence-electron chi connectivity index (χ0n) is 16.9. The minimum atomic E-state index is -1.79. The zero-order valence-corrected chi connectivity index (χ0v) is 16.9. The molecule has 2 aromatic carbocycles. The van der Waals surface area contributed by atoms with Crippen LogP contribution in [-0.4, -0.2) is 23.1 Å². The Labute approximate surface area is 176 Å². The van der Waals surface area contributed by atoms with Crippen LogP contribution in [-0.2, 0) is 26.8 Å². The zero-order chi connectivity index (χ0) is 21.9. The second-order valence-corrected chi connectivity index (χ2v) is 7.40. The van der Waals surface area contributed by atoms with Crippen molar-refractivity contribution in [3.8, 4) is 5.75 Å². The van der Waals surface area contributed by atoms with Gasteiger partial charge >= 0.3 is 5.97 Å². The lowest BCUT2D eigenvalue weighted by atomic mass is 9.68. The Morgan fingerprint density at radius 2 is 1.87 bits per heavy atom. The van der Waals surface area contributed by atoms with E-state index in [2.05, 4.69) is 5.32 Å². The number of benzene rings is 2. The van der Waals surface area contributed by atoms with Gasteiger partial charge in [-0.25, -0.2) is 4.79 Å². The predicted octanol–water partition coefficient (Wildman–Crippen LogP) is 1.90. The second-order valence-electron chi connectivity index (χ2n) is 7.40. The van der Waals surface area contributed by atoms with E-state index in [0.717, 1.165) is 0 Å².